The van der Waals surface area contributed by atoms with Crippen molar-refractivity contribution in [1.29, 1.82) is 0 Å². The smallest absolute Gasteiger partial charge is 0.230 e. The Morgan fingerprint density at radius 1 is 1.33 bits per heavy atom. The summed E-state index contributed by atoms with van der Waals surface area (Å²) in [6, 6.07) is 6.52. The monoisotopic (exact) mass is 322 g/mol. The van der Waals surface area contributed by atoms with Crippen molar-refractivity contribution in [3.05, 3.63) is 46.0 Å². The topological polar surface area (TPSA) is 52.0 Å². The molecule has 3 rings (SSSR count). The number of anilines is 1. The maximum absolute atomic E-state index is 14.2. The number of rotatable bonds is 3. The third kappa shape index (κ3) is 2.32. The maximum Gasteiger partial charge on any atom is 0.230 e. The van der Waals surface area contributed by atoms with Gasteiger partial charge in [-0.05, 0) is 35.6 Å². The van der Waals surface area contributed by atoms with Gasteiger partial charge in [0.25, 0.3) is 0 Å². The fourth-order valence-electron chi connectivity index (χ4n) is 2.26. The van der Waals surface area contributed by atoms with E-state index in [4.69, 9.17) is 21.9 Å². The molecule has 0 atom stereocenters. The van der Waals surface area contributed by atoms with Gasteiger partial charge >= 0.3 is 0 Å². The molecule has 3 nitrogen and oxygen atoms in total. The first-order valence-corrected chi connectivity index (χ1v) is 7.65. The van der Waals surface area contributed by atoms with Crippen LogP contribution >= 0.6 is 22.9 Å². The van der Waals surface area contributed by atoms with Crippen LogP contribution in [0.25, 0.3) is 21.7 Å². The van der Waals surface area contributed by atoms with Crippen molar-refractivity contribution in [2.75, 3.05) is 5.73 Å². The zero-order valence-electron chi connectivity index (χ0n) is 11.2. The van der Waals surface area contributed by atoms with Gasteiger partial charge in [0.2, 0.25) is 5.88 Å². The summed E-state index contributed by atoms with van der Waals surface area (Å²) in [6.07, 6.45) is 0.843. The standard InChI is InChI=1S/C15H12ClFN2OS/c1-2-8-6-7-21-14(8)13-12(15(18)20-19-13)11-9(16)4-3-5-10(11)17/h3-7H,2,18H2,1H3. The fourth-order valence-corrected chi connectivity index (χ4v) is 3.50. The minimum atomic E-state index is -0.451. The molecule has 2 N–H and O–H groups in total. The Kier molecular flexibility index (Phi) is 3.69. The van der Waals surface area contributed by atoms with Crippen LogP contribution in [-0.4, -0.2) is 5.16 Å². The van der Waals surface area contributed by atoms with Crippen LogP contribution in [0.2, 0.25) is 5.02 Å². The molecule has 0 aliphatic heterocycles. The van der Waals surface area contributed by atoms with E-state index in [-0.39, 0.29) is 16.5 Å². The Bertz CT molecular complexity index is 777. The molecule has 0 bridgehead atoms. The normalized spacial score (nSPS) is 11.0. The van der Waals surface area contributed by atoms with E-state index >= 15 is 0 Å². The van der Waals surface area contributed by atoms with Crippen LogP contribution in [0.15, 0.2) is 34.2 Å². The van der Waals surface area contributed by atoms with Gasteiger partial charge in [0.05, 0.1) is 15.5 Å². The number of halogens is 2. The molecule has 0 fully saturated rings. The minimum absolute atomic E-state index is 0.0625. The van der Waals surface area contributed by atoms with Crippen molar-refractivity contribution >= 4 is 28.8 Å². The third-order valence-electron chi connectivity index (χ3n) is 3.27. The van der Waals surface area contributed by atoms with Crippen molar-refractivity contribution in [2.24, 2.45) is 0 Å². The second kappa shape index (κ2) is 5.50. The lowest BCUT2D eigenvalue weighted by Crippen LogP contribution is -1.92. The summed E-state index contributed by atoms with van der Waals surface area (Å²) >= 11 is 7.66. The Hall–Kier alpha value is -1.85. The van der Waals surface area contributed by atoms with E-state index < -0.39 is 5.82 Å². The Labute approximate surface area is 130 Å². The first kappa shape index (κ1) is 14.1. The Morgan fingerprint density at radius 2 is 2.14 bits per heavy atom. The van der Waals surface area contributed by atoms with Crippen molar-refractivity contribution in [3.8, 4) is 21.7 Å². The average Bonchev–Trinajstić information content (AvgIpc) is 3.06. The predicted molar refractivity (Wildman–Crippen MR) is 84.0 cm³/mol. The van der Waals surface area contributed by atoms with Crippen molar-refractivity contribution in [3.63, 3.8) is 0 Å². The summed E-state index contributed by atoms with van der Waals surface area (Å²) in [7, 11) is 0. The largest absolute Gasteiger partial charge is 0.367 e. The van der Waals surface area contributed by atoms with Crippen LogP contribution in [0.5, 0.6) is 0 Å². The second-order valence-corrected chi connectivity index (χ2v) is 5.82. The summed E-state index contributed by atoms with van der Waals surface area (Å²) in [5.74, 6) is -0.388. The summed E-state index contributed by atoms with van der Waals surface area (Å²) in [6.45, 7) is 2.05. The Balaban J connectivity index is 2.28. The summed E-state index contributed by atoms with van der Waals surface area (Å²) in [5, 5.41) is 6.25. The summed E-state index contributed by atoms with van der Waals surface area (Å²) < 4.78 is 19.3. The van der Waals surface area contributed by atoms with Gasteiger partial charge in [0, 0.05) is 5.56 Å². The molecule has 0 saturated carbocycles. The van der Waals surface area contributed by atoms with E-state index in [1.165, 1.54) is 17.4 Å². The van der Waals surface area contributed by atoms with Gasteiger partial charge in [0.15, 0.2) is 0 Å². The van der Waals surface area contributed by atoms with Crippen LogP contribution < -0.4 is 5.73 Å². The second-order valence-electron chi connectivity index (χ2n) is 4.50. The van der Waals surface area contributed by atoms with Gasteiger partial charge in [0.1, 0.15) is 11.5 Å². The third-order valence-corrected chi connectivity index (χ3v) is 4.55. The van der Waals surface area contributed by atoms with E-state index in [1.54, 1.807) is 12.1 Å². The molecule has 108 valence electrons. The number of nitrogens with two attached hydrogens (primary N) is 1. The number of aryl methyl sites for hydroxylation is 1. The molecule has 2 heterocycles. The van der Waals surface area contributed by atoms with E-state index in [0.29, 0.717) is 11.3 Å². The molecule has 2 aromatic heterocycles. The number of benzene rings is 1. The van der Waals surface area contributed by atoms with Crippen LogP contribution in [-0.2, 0) is 6.42 Å². The molecule has 3 aromatic rings. The van der Waals surface area contributed by atoms with Crippen molar-refractivity contribution in [1.82, 2.24) is 5.16 Å². The number of nitrogens with zero attached hydrogens (tertiary/aromatic N) is 1. The quantitative estimate of drug-likeness (QED) is 0.737. The first-order chi connectivity index (χ1) is 10.1. The number of hydrogen-bond acceptors (Lipinski definition) is 4. The summed E-state index contributed by atoms with van der Waals surface area (Å²) in [5.41, 5.74) is 8.14. The predicted octanol–water partition coefficient (Wildman–Crippen LogP) is 5.01. The van der Waals surface area contributed by atoms with Crippen LogP contribution in [0, 0.1) is 5.82 Å². The average molecular weight is 323 g/mol. The van der Waals surface area contributed by atoms with Gasteiger partial charge < -0.3 is 10.3 Å². The minimum Gasteiger partial charge on any atom is -0.367 e. The maximum atomic E-state index is 14.2. The molecule has 0 radical (unpaired) electrons. The highest BCUT2D eigenvalue weighted by Crippen LogP contribution is 2.43. The van der Waals surface area contributed by atoms with E-state index in [0.717, 1.165) is 16.9 Å². The fraction of sp³-hybridized carbons (Fsp3) is 0.133. The van der Waals surface area contributed by atoms with E-state index in [2.05, 4.69) is 5.16 Å². The van der Waals surface area contributed by atoms with Crippen LogP contribution in [0.1, 0.15) is 12.5 Å². The number of aromatic nitrogens is 1. The SMILES string of the molecule is CCc1ccsc1-c1noc(N)c1-c1c(F)cccc1Cl. The van der Waals surface area contributed by atoms with Gasteiger partial charge in [-0.25, -0.2) is 4.39 Å². The molecule has 0 saturated heterocycles. The lowest BCUT2D eigenvalue weighted by Gasteiger charge is -2.06. The molecular weight excluding hydrogens is 311 g/mol. The lowest BCUT2D eigenvalue weighted by atomic mass is 10.0. The van der Waals surface area contributed by atoms with E-state index in [1.807, 2.05) is 18.4 Å². The zero-order valence-corrected chi connectivity index (χ0v) is 12.8. The summed E-state index contributed by atoms with van der Waals surface area (Å²) in [4.78, 5) is 0.923. The van der Waals surface area contributed by atoms with Gasteiger partial charge in [-0.2, -0.15) is 0 Å². The van der Waals surface area contributed by atoms with E-state index in [9.17, 15) is 4.39 Å². The van der Waals surface area contributed by atoms with Crippen molar-refractivity contribution in [2.45, 2.75) is 13.3 Å². The highest BCUT2D eigenvalue weighted by molar-refractivity contribution is 7.13. The lowest BCUT2D eigenvalue weighted by molar-refractivity contribution is 0.439. The molecule has 0 aliphatic rings. The molecule has 0 unspecified atom stereocenters. The molecule has 21 heavy (non-hydrogen) atoms. The zero-order chi connectivity index (χ0) is 15.0. The van der Waals surface area contributed by atoms with Gasteiger partial charge in [-0.3, -0.25) is 0 Å². The molecule has 0 amide bonds. The van der Waals surface area contributed by atoms with Crippen molar-refractivity contribution < 1.29 is 8.91 Å². The van der Waals surface area contributed by atoms with Gasteiger partial charge in [-0.15, -0.1) is 11.3 Å². The first-order valence-electron chi connectivity index (χ1n) is 6.39. The number of nitrogen functional groups attached to an aromatic ring is 1. The molecule has 0 spiro atoms. The van der Waals surface area contributed by atoms with Crippen LogP contribution in [0.4, 0.5) is 10.3 Å². The van der Waals surface area contributed by atoms with Gasteiger partial charge in [-0.1, -0.05) is 29.7 Å². The highest BCUT2D eigenvalue weighted by atomic mass is 35.5. The number of hydrogen-bond donors (Lipinski definition) is 1. The van der Waals surface area contributed by atoms with Crippen LogP contribution in [0.3, 0.4) is 0 Å². The molecule has 6 heteroatoms. The number of thiophene rings is 1. The molecule has 1 aromatic carbocycles. The molecular formula is C15H12ClFN2OS. The highest BCUT2D eigenvalue weighted by Gasteiger charge is 2.24. The Morgan fingerprint density at radius 3 is 2.86 bits per heavy atom. The molecule has 0 aliphatic carbocycles.